The molecule has 0 aliphatic carbocycles. The van der Waals surface area contributed by atoms with Crippen LogP contribution in [0.15, 0.2) is 42.5 Å². The van der Waals surface area contributed by atoms with Crippen molar-refractivity contribution in [3.63, 3.8) is 0 Å². The number of rotatable bonds is 5. The molecule has 22 heavy (non-hydrogen) atoms. The Morgan fingerprint density at radius 2 is 1.91 bits per heavy atom. The molecular weight excluding hydrogens is 321 g/mol. The molecule has 2 aromatic carbocycles. The van der Waals surface area contributed by atoms with E-state index in [0.29, 0.717) is 23.1 Å². The van der Waals surface area contributed by atoms with Crippen molar-refractivity contribution in [2.24, 2.45) is 0 Å². The van der Waals surface area contributed by atoms with Crippen LogP contribution in [0.2, 0.25) is 10.0 Å². The van der Waals surface area contributed by atoms with Crippen molar-refractivity contribution in [3.05, 3.63) is 58.1 Å². The third kappa shape index (κ3) is 3.04. The fourth-order valence-corrected chi connectivity index (χ4v) is 2.68. The first-order valence-electron chi connectivity index (χ1n) is 6.93. The maximum absolute atomic E-state index is 9.02. The fourth-order valence-electron chi connectivity index (χ4n) is 2.36. The van der Waals surface area contributed by atoms with Crippen LogP contribution in [-0.4, -0.2) is 27.8 Å². The Morgan fingerprint density at radius 1 is 1.09 bits per heavy atom. The highest BCUT2D eigenvalue weighted by Crippen LogP contribution is 2.25. The summed E-state index contributed by atoms with van der Waals surface area (Å²) in [6.45, 7) is 1.12. The average molecular weight is 336 g/mol. The van der Waals surface area contributed by atoms with Crippen LogP contribution in [0.3, 0.4) is 0 Å². The van der Waals surface area contributed by atoms with E-state index >= 15 is 0 Å². The average Bonchev–Trinajstić information content (AvgIpc) is 2.87. The number of hydrogen-bond acceptors (Lipinski definition) is 3. The Hall–Kier alpha value is -1.75. The predicted octanol–water partition coefficient (Wildman–Crippen LogP) is 3.80. The zero-order valence-corrected chi connectivity index (χ0v) is 13.3. The summed E-state index contributed by atoms with van der Waals surface area (Å²) in [5.41, 5.74) is 2.96. The molecule has 3 aromatic rings. The Balaban J connectivity index is 2.01. The molecular formula is C16H15Cl2N3O. The van der Waals surface area contributed by atoms with Crippen LogP contribution < -0.4 is 5.32 Å². The molecule has 1 aromatic heterocycles. The van der Waals surface area contributed by atoms with Crippen molar-refractivity contribution < 1.29 is 5.11 Å². The molecule has 0 unspecified atom stereocenters. The lowest BCUT2D eigenvalue weighted by Gasteiger charge is -2.11. The summed E-state index contributed by atoms with van der Waals surface area (Å²) < 4.78 is 2.06. The van der Waals surface area contributed by atoms with Crippen LogP contribution in [0, 0.1) is 0 Å². The molecule has 0 aliphatic heterocycles. The summed E-state index contributed by atoms with van der Waals surface area (Å²) in [4.78, 5) is 4.57. The molecule has 4 nitrogen and oxygen atoms in total. The minimum atomic E-state index is 0.0516. The number of imidazole rings is 1. The second-order valence-corrected chi connectivity index (χ2v) is 5.72. The Kier molecular flexibility index (Phi) is 4.52. The van der Waals surface area contributed by atoms with Crippen LogP contribution in [-0.2, 0) is 6.54 Å². The van der Waals surface area contributed by atoms with E-state index in [1.54, 1.807) is 6.07 Å². The number of benzene rings is 2. The van der Waals surface area contributed by atoms with E-state index in [9.17, 15) is 0 Å². The molecule has 0 fully saturated rings. The van der Waals surface area contributed by atoms with Crippen molar-refractivity contribution in [1.29, 1.82) is 0 Å². The van der Waals surface area contributed by atoms with Gasteiger partial charge in [-0.1, -0.05) is 41.4 Å². The number of nitrogens with one attached hydrogen (secondary N) is 1. The molecule has 0 saturated carbocycles. The number of anilines is 1. The summed E-state index contributed by atoms with van der Waals surface area (Å²) in [6, 6.07) is 13.5. The second-order valence-electron chi connectivity index (χ2n) is 4.91. The second kappa shape index (κ2) is 6.57. The van der Waals surface area contributed by atoms with E-state index in [-0.39, 0.29) is 6.61 Å². The smallest absolute Gasteiger partial charge is 0.204 e. The minimum Gasteiger partial charge on any atom is -0.395 e. The van der Waals surface area contributed by atoms with E-state index in [1.807, 2.05) is 36.4 Å². The van der Waals surface area contributed by atoms with E-state index in [4.69, 9.17) is 28.3 Å². The molecule has 0 aliphatic rings. The highest BCUT2D eigenvalue weighted by molar-refractivity contribution is 6.42. The molecule has 0 bridgehead atoms. The van der Waals surface area contributed by atoms with Gasteiger partial charge in [-0.15, -0.1) is 0 Å². The van der Waals surface area contributed by atoms with Gasteiger partial charge in [-0.3, -0.25) is 0 Å². The Bertz CT molecular complexity index is 801. The van der Waals surface area contributed by atoms with Crippen LogP contribution in [0.5, 0.6) is 0 Å². The molecule has 6 heteroatoms. The van der Waals surface area contributed by atoms with Gasteiger partial charge in [0.2, 0.25) is 5.95 Å². The number of halogens is 2. The van der Waals surface area contributed by atoms with Crippen molar-refractivity contribution in [1.82, 2.24) is 9.55 Å². The maximum atomic E-state index is 9.02. The molecule has 0 spiro atoms. The fraction of sp³-hybridized carbons (Fsp3) is 0.188. The van der Waals surface area contributed by atoms with Crippen LogP contribution >= 0.6 is 23.2 Å². The predicted molar refractivity (Wildman–Crippen MR) is 90.9 cm³/mol. The van der Waals surface area contributed by atoms with Crippen LogP contribution in [0.1, 0.15) is 5.56 Å². The number of hydrogen-bond donors (Lipinski definition) is 2. The topological polar surface area (TPSA) is 50.1 Å². The summed E-state index contributed by atoms with van der Waals surface area (Å²) in [5.74, 6) is 0.723. The van der Waals surface area contributed by atoms with Gasteiger partial charge in [0.25, 0.3) is 0 Å². The standard InChI is InChI=1S/C16H15Cl2N3O/c17-12-6-5-11(9-13(12)18)10-21-15-4-2-1-3-14(15)20-16(21)19-7-8-22/h1-6,9,22H,7-8,10H2,(H,19,20). The molecule has 1 heterocycles. The number of aliphatic hydroxyl groups excluding tert-OH is 1. The van der Waals surface area contributed by atoms with Crippen molar-refractivity contribution in [3.8, 4) is 0 Å². The van der Waals surface area contributed by atoms with E-state index in [2.05, 4.69) is 14.9 Å². The van der Waals surface area contributed by atoms with Gasteiger partial charge in [0.15, 0.2) is 0 Å². The minimum absolute atomic E-state index is 0.0516. The third-order valence-electron chi connectivity index (χ3n) is 3.37. The van der Waals surface area contributed by atoms with Crippen LogP contribution in [0.25, 0.3) is 11.0 Å². The first-order chi connectivity index (χ1) is 10.7. The zero-order chi connectivity index (χ0) is 15.5. The van der Waals surface area contributed by atoms with Crippen LogP contribution in [0.4, 0.5) is 5.95 Å². The summed E-state index contributed by atoms with van der Waals surface area (Å²) in [5, 5.41) is 13.2. The first kappa shape index (κ1) is 15.2. The molecule has 3 rings (SSSR count). The van der Waals surface area contributed by atoms with Crippen molar-refractivity contribution >= 4 is 40.2 Å². The number of nitrogens with zero attached hydrogens (tertiary/aromatic N) is 2. The van der Waals surface area contributed by atoms with Gasteiger partial charge in [-0.2, -0.15) is 0 Å². The summed E-state index contributed by atoms with van der Waals surface area (Å²) >= 11 is 12.1. The lowest BCUT2D eigenvalue weighted by atomic mass is 10.2. The van der Waals surface area contributed by atoms with Gasteiger partial charge < -0.3 is 15.0 Å². The molecule has 0 atom stereocenters. The quantitative estimate of drug-likeness (QED) is 0.745. The van der Waals surface area contributed by atoms with Gasteiger partial charge in [0.1, 0.15) is 0 Å². The largest absolute Gasteiger partial charge is 0.395 e. The van der Waals surface area contributed by atoms with Crippen molar-refractivity contribution in [2.45, 2.75) is 6.54 Å². The van der Waals surface area contributed by atoms with E-state index in [0.717, 1.165) is 22.5 Å². The summed E-state index contributed by atoms with van der Waals surface area (Å²) in [6.07, 6.45) is 0. The SMILES string of the molecule is OCCNc1nc2ccccc2n1Cc1ccc(Cl)c(Cl)c1. The Labute approximate surface area is 138 Å². The van der Waals surface area contributed by atoms with Gasteiger partial charge in [0, 0.05) is 6.54 Å². The zero-order valence-electron chi connectivity index (χ0n) is 11.8. The number of para-hydroxylation sites is 2. The number of aliphatic hydroxyl groups is 1. The van der Waals surface area contributed by atoms with Gasteiger partial charge in [-0.05, 0) is 29.8 Å². The Morgan fingerprint density at radius 3 is 2.68 bits per heavy atom. The molecule has 0 radical (unpaired) electrons. The highest BCUT2D eigenvalue weighted by Gasteiger charge is 2.11. The highest BCUT2D eigenvalue weighted by atomic mass is 35.5. The normalized spacial score (nSPS) is 11.0. The lowest BCUT2D eigenvalue weighted by Crippen LogP contribution is -2.12. The number of aromatic nitrogens is 2. The van der Waals surface area contributed by atoms with E-state index in [1.165, 1.54) is 0 Å². The number of fused-ring (bicyclic) bond motifs is 1. The van der Waals surface area contributed by atoms with Gasteiger partial charge in [-0.25, -0.2) is 4.98 Å². The van der Waals surface area contributed by atoms with Gasteiger partial charge in [0.05, 0.1) is 34.2 Å². The first-order valence-corrected chi connectivity index (χ1v) is 7.68. The lowest BCUT2D eigenvalue weighted by molar-refractivity contribution is 0.310. The summed E-state index contributed by atoms with van der Waals surface area (Å²) in [7, 11) is 0. The third-order valence-corrected chi connectivity index (χ3v) is 4.11. The molecule has 0 amide bonds. The monoisotopic (exact) mass is 335 g/mol. The molecule has 114 valence electrons. The van der Waals surface area contributed by atoms with E-state index < -0.39 is 0 Å². The van der Waals surface area contributed by atoms with Gasteiger partial charge >= 0.3 is 0 Å². The maximum Gasteiger partial charge on any atom is 0.204 e. The molecule has 2 N–H and O–H groups in total. The molecule has 0 saturated heterocycles. The van der Waals surface area contributed by atoms with Crippen molar-refractivity contribution in [2.75, 3.05) is 18.5 Å².